The van der Waals surface area contributed by atoms with Crippen LogP contribution in [0, 0.1) is 6.92 Å². The van der Waals surface area contributed by atoms with E-state index in [1.807, 2.05) is 31.2 Å². The smallest absolute Gasteiger partial charge is 0.410 e. The molecule has 3 aromatic heterocycles. The van der Waals surface area contributed by atoms with Crippen LogP contribution in [0.4, 0.5) is 10.7 Å². The molecule has 1 N–H and O–H groups in total. The molecule has 1 unspecified atom stereocenters. The fraction of sp³-hybridized carbons (Fsp3) is 0.367. The summed E-state index contributed by atoms with van der Waals surface area (Å²) in [4.78, 5) is 41.6. The number of hydrogen-bond donors (Lipinski definition) is 1. The number of amides is 1. The largest absolute Gasteiger partial charge is 0.444 e. The molecule has 1 aliphatic rings. The topological polar surface area (TPSA) is 136 Å². The number of aromatic nitrogens is 4. The minimum Gasteiger partial charge on any atom is -0.444 e. The molecule has 0 saturated carbocycles. The summed E-state index contributed by atoms with van der Waals surface area (Å²) in [7, 11) is -2.01. The molecule has 1 atom stereocenters. The van der Waals surface area contributed by atoms with E-state index in [1.165, 1.54) is 9.47 Å². The third-order valence-corrected chi connectivity index (χ3v) is 9.49. The van der Waals surface area contributed by atoms with Crippen LogP contribution in [-0.4, -0.2) is 75.7 Å². The van der Waals surface area contributed by atoms with Crippen LogP contribution >= 0.6 is 11.6 Å². The number of ether oxygens (including phenoxy) is 1. The summed E-state index contributed by atoms with van der Waals surface area (Å²) in [5.41, 5.74) is 2.17. The Hall–Kier alpha value is -4.03. The minimum atomic E-state index is -3.66. The van der Waals surface area contributed by atoms with Crippen molar-refractivity contribution >= 4 is 44.5 Å². The lowest BCUT2D eigenvalue weighted by Crippen LogP contribution is -2.52. The van der Waals surface area contributed by atoms with E-state index in [4.69, 9.17) is 16.3 Å². The van der Waals surface area contributed by atoms with E-state index in [0.717, 1.165) is 17.0 Å². The summed E-state index contributed by atoms with van der Waals surface area (Å²) < 4.78 is 33.3. The number of carbonyl (C=O) groups is 1. The molecule has 1 aliphatic heterocycles. The third-order valence-electron chi connectivity index (χ3n) is 7.11. The first-order valence-electron chi connectivity index (χ1n) is 13.8. The second-order valence-corrected chi connectivity index (χ2v) is 14.3. The third kappa shape index (κ3) is 6.50. The Bertz CT molecular complexity index is 1890. The Labute approximate surface area is 254 Å². The van der Waals surface area contributed by atoms with Gasteiger partial charge in [0, 0.05) is 65.7 Å². The highest BCUT2D eigenvalue weighted by molar-refractivity contribution is 7.92. The summed E-state index contributed by atoms with van der Waals surface area (Å²) in [6.45, 7) is 6.79. The summed E-state index contributed by atoms with van der Waals surface area (Å²) >= 11 is 6.75. The number of sulfone groups is 1. The standard InChI is InChI=1S/C30H33ClN6O5S/c1-18-7-6-8-25(34-18)19-9-10-22(24(31)14-19)23-13-20-15-33-28(32-5)35-26(20)37(27(23)38)17-21-16-36(11-12-43(21,40)41)29(39)42-30(2,3)4/h6-10,13-15,21H,11-12,16-17H2,1-5H3,(H,32,33,35). The zero-order chi connectivity index (χ0) is 31.1. The molecule has 0 spiro atoms. The first-order valence-corrected chi connectivity index (χ1v) is 15.9. The number of fused-ring (bicyclic) bond motifs is 1. The van der Waals surface area contributed by atoms with Crippen molar-refractivity contribution in [3.63, 3.8) is 0 Å². The van der Waals surface area contributed by atoms with Gasteiger partial charge in [-0.3, -0.25) is 14.3 Å². The lowest BCUT2D eigenvalue weighted by Gasteiger charge is -2.34. The molecular weight excluding hydrogens is 592 g/mol. The maximum atomic E-state index is 14.1. The molecule has 43 heavy (non-hydrogen) atoms. The Kier molecular flexibility index (Phi) is 8.19. The number of nitrogens with zero attached hydrogens (tertiary/aromatic N) is 5. The number of anilines is 1. The number of hydrogen-bond acceptors (Lipinski definition) is 9. The summed E-state index contributed by atoms with van der Waals surface area (Å²) in [5, 5.41) is 2.64. The SMILES string of the molecule is CNc1ncc2cc(-c3ccc(-c4cccc(C)n4)cc3Cl)c(=O)n(CC3CN(C(=O)OC(C)(C)C)CCS3(=O)=O)c2n1. The van der Waals surface area contributed by atoms with Gasteiger partial charge >= 0.3 is 6.09 Å². The second-order valence-electron chi connectivity index (χ2n) is 11.5. The quantitative estimate of drug-likeness (QED) is 0.339. The average molecular weight is 625 g/mol. The summed E-state index contributed by atoms with van der Waals surface area (Å²) in [6.07, 6.45) is 0.961. The van der Waals surface area contributed by atoms with Crippen molar-refractivity contribution in [2.24, 2.45) is 0 Å². The minimum absolute atomic E-state index is 0.00720. The van der Waals surface area contributed by atoms with E-state index in [9.17, 15) is 18.0 Å². The lowest BCUT2D eigenvalue weighted by atomic mass is 10.0. The number of aryl methyl sites for hydroxylation is 1. The molecule has 226 valence electrons. The number of nitrogens with one attached hydrogen (secondary N) is 1. The molecular formula is C30H33ClN6O5S. The molecule has 4 aromatic rings. The van der Waals surface area contributed by atoms with Crippen molar-refractivity contribution < 1.29 is 17.9 Å². The van der Waals surface area contributed by atoms with E-state index >= 15 is 0 Å². The lowest BCUT2D eigenvalue weighted by molar-refractivity contribution is 0.0251. The van der Waals surface area contributed by atoms with Crippen LogP contribution in [0.5, 0.6) is 0 Å². The van der Waals surface area contributed by atoms with Crippen molar-refractivity contribution in [3.05, 3.63) is 69.7 Å². The van der Waals surface area contributed by atoms with E-state index in [1.54, 1.807) is 52.2 Å². The normalized spacial score (nSPS) is 16.7. The molecule has 1 aromatic carbocycles. The Morgan fingerprint density at radius 1 is 1.14 bits per heavy atom. The highest BCUT2D eigenvalue weighted by Gasteiger charge is 2.37. The maximum absolute atomic E-state index is 14.1. The highest BCUT2D eigenvalue weighted by atomic mass is 35.5. The van der Waals surface area contributed by atoms with Crippen molar-refractivity contribution in [2.45, 2.75) is 45.1 Å². The Balaban J connectivity index is 1.59. The van der Waals surface area contributed by atoms with Crippen molar-refractivity contribution in [3.8, 4) is 22.4 Å². The Morgan fingerprint density at radius 3 is 2.58 bits per heavy atom. The van der Waals surface area contributed by atoms with Gasteiger partial charge in [-0.1, -0.05) is 29.8 Å². The van der Waals surface area contributed by atoms with Crippen molar-refractivity contribution in [2.75, 3.05) is 31.2 Å². The van der Waals surface area contributed by atoms with Crippen molar-refractivity contribution in [1.82, 2.24) is 24.4 Å². The molecule has 1 amide bonds. The summed E-state index contributed by atoms with van der Waals surface area (Å²) in [5.74, 6) is 0.0173. The van der Waals surface area contributed by atoms with Crippen LogP contribution < -0.4 is 10.9 Å². The van der Waals surface area contributed by atoms with Crippen LogP contribution in [0.15, 0.2) is 53.5 Å². The maximum Gasteiger partial charge on any atom is 0.410 e. The van der Waals surface area contributed by atoms with E-state index in [2.05, 4.69) is 20.3 Å². The molecule has 11 nitrogen and oxygen atoms in total. The van der Waals surface area contributed by atoms with Crippen LogP contribution in [-0.2, 0) is 21.1 Å². The van der Waals surface area contributed by atoms with Gasteiger partial charge in [-0.05, 0) is 52.0 Å². The average Bonchev–Trinajstić information content (AvgIpc) is 2.94. The number of rotatable bonds is 5. The molecule has 0 bridgehead atoms. The number of carbonyl (C=O) groups excluding carboxylic acids is 1. The number of benzene rings is 1. The van der Waals surface area contributed by atoms with Gasteiger partial charge in [-0.15, -0.1) is 0 Å². The van der Waals surface area contributed by atoms with Gasteiger partial charge in [-0.2, -0.15) is 4.98 Å². The molecule has 4 heterocycles. The number of halogens is 1. The molecule has 1 fully saturated rings. The fourth-order valence-electron chi connectivity index (χ4n) is 4.96. The van der Waals surface area contributed by atoms with Gasteiger partial charge in [0.1, 0.15) is 11.2 Å². The molecule has 13 heteroatoms. The highest BCUT2D eigenvalue weighted by Crippen LogP contribution is 2.32. The van der Waals surface area contributed by atoms with Gasteiger partial charge in [0.05, 0.1) is 16.7 Å². The molecule has 5 rings (SSSR count). The van der Waals surface area contributed by atoms with Gasteiger partial charge in [0.2, 0.25) is 5.95 Å². The van der Waals surface area contributed by atoms with Crippen LogP contribution in [0.3, 0.4) is 0 Å². The molecule has 0 aliphatic carbocycles. The first-order chi connectivity index (χ1) is 20.3. The second kappa shape index (κ2) is 11.6. The van der Waals surface area contributed by atoms with Gasteiger partial charge < -0.3 is 15.0 Å². The predicted octanol–water partition coefficient (Wildman–Crippen LogP) is 4.56. The molecule has 0 radical (unpaired) electrons. The molecule has 1 saturated heterocycles. The first kappa shape index (κ1) is 30.4. The van der Waals surface area contributed by atoms with Crippen LogP contribution in [0.1, 0.15) is 26.5 Å². The van der Waals surface area contributed by atoms with Gasteiger partial charge in [-0.25, -0.2) is 18.2 Å². The zero-order valence-electron chi connectivity index (χ0n) is 24.6. The number of pyridine rings is 2. The van der Waals surface area contributed by atoms with E-state index in [-0.39, 0.29) is 42.5 Å². The monoisotopic (exact) mass is 624 g/mol. The zero-order valence-corrected chi connectivity index (χ0v) is 26.2. The van der Waals surface area contributed by atoms with Crippen LogP contribution in [0.2, 0.25) is 5.02 Å². The predicted molar refractivity (Wildman–Crippen MR) is 167 cm³/mol. The van der Waals surface area contributed by atoms with E-state index in [0.29, 0.717) is 16.0 Å². The van der Waals surface area contributed by atoms with Crippen LogP contribution in [0.25, 0.3) is 33.4 Å². The van der Waals surface area contributed by atoms with Crippen molar-refractivity contribution in [1.29, 1.82) is 0 Å². The van der Waals surface area contributed by atoms with Gasteiger partial charge in [0.25, 0.3) is 5.56 Å². The Morgan fingerprint density at radius 2 is 1.91 bits per heavy atom. The summed E-state index contributed by atoms with van der Waals surface area (Å²) in [6, 6.07) is 12.7. The fourth-order valence-corrected chi connectivity index (χ4v) is 6.83. The van der Waals surface area contributed by atoms with E-state index < -0.39 is 32.3 Å². The van der Waals surface area contributed by atoms with Gasteiger partial charge in [0.15, 0.2) is 9.84 Å².